The summed E-state index contributed by atoms with van der Waals surface area (Å²) in [4.78, 5) is 16.2. The Bertz CT molecular complexity index is 985. The molecule has 0 bridgehead atoms. The average Bonchev–Trinajstić information content (AvgIpc) is 2.75. The maximum absolute atomic E-state index is 12.5. The van der Waals surface area contributed by atoms with Crippen LogP contribution in [-0.4, -0.2) is 64.4 Å². The molecule has 1 aliphatic heterocycles. The number of hydrogen-bond donors (Lipinski definition) is 1. The topological polar surface area (TPSA) is 88.2 Å². The monoisotopic (exact) mass is 461 g/mol. The summed E-state index contributed by atoms with van der Waals surface area (Å²) in [5, 5.41) is 0. The first-order valence-electron chi connectivity index (χ1n) is 10.6. The van der Waals surface area contributed by atoms with Gasteiger partial charge in [0.25, 0.3) is 0 Å². The Kier molecular flexibility index (Phi) is 7.98. The Morgan fingerprint density at radius 1 is 1.09 bits per heavy atom. The van der Waals surface area contributed by atoms with Crippen molar-refractivity contribution >= 4 is 27.3 Å². The third-order valence-corrected chi connectivity index (χ3v) is 6.14. The van der Waals surface area contributed by atoms with Crippen LogP contribution in [0.5, 0.6) is 5.75 Å². The molecule has 3 rings (SSSR count). The molecule has 1 heterocycles. The Morgan fingerprint density at radius 2 is 1.72 bits per heavy atom. The molecule has 1 fully saturated rings. The van der Waals surface area contributed by atoms with Crippen molar-refractivity contribution < 1.29 is 22.7 Å². The van der Waals surface area contributed by atoms with Crippen molar-refractivity contribution in [2.45, 2.75) is 26.5 Å². The van der Waals surface area contributed by atoms with Crippen molar-refractivity contribution in [3.8, 4) is 5.75 Å². The van der Waals surface area contributed by atoms with Crippen LogP contribution in [0.15, 0.2) is 48.5 Å². The van der Waals surface area contributed by atoms with E-state index in [1.165, 1.54) is 4.90 Å². The molecule has 0 unspecified atom stereocenters. The zero-order chi connectivity index (χ0) is 23.1. The zero-order valence-corrected chi connectivity index (χ0v) is 19.6. The van der Waals surface area contributed by atoms with Gasteiger partial charge in [-0.05, 0) is 55.8 Å². The molecule has 174 valence electrons. The predicted octanol–water partition coefficient (Wildman–Crippen LogP) is 2.71. The van der Waals surface area contributed by atoms with Crippen LogP contribution >= 0.6 is 0 Å². The third kappa shape index (κ3) is 7.13. The summed E-state index contributed by atoms with van der Waals surface area (Å²) in [6, 6.07) is 14.6. The number of carbonyl (C=O) groups excluding carboxylic acids is 1. The Morgan fingerprint density at radius 3 is 2.31 bits per heavy atom. The standard InChI is InChI=1S/C23H31N3O5S/c1-18(2)31-22-10-6-20(7-11-22)24-32(28,29)17-23(27)25(3)16-19-4-8-21(9-5-19)26-12-14-30-15-13-26/h4-11,18,24H,12-17H2,1-3H3. The predicted molar refractivity (Wildman–Crippen MR) is 126 cm³/mol. The summed E-state index contributed by atoms with van der Waals surface area (Å²) in [5.74, 6) is -0.451. The Balaban J connectivity index is 1.52. The van der Waals surface area contributed by atoms with Gasteiger partial charge >= 0.3 is 0 Å². The van der Waals surface area contributed by atoms with E-state index in [0.717, 1.165) is 37.6 Å². The van der Waals surface area contributed by atoms with Crippen molar-refractivity contribution in [3.63, 3.8) is 0 Å². The van der Waals surface area contributed by atoms with Crippen molar-refractivity contribution in [2.75, 3.05) is 48.7 Å². The van der Waals surface area contributed by atoms with Gasteiger partial charge in [0.05, 0.1) is 19.3 Å². The summed E-state index contributed by atoms with van der Waals surface area (Å²) in [6.45, 7) is 7.31. The van der Waals surface area contributed by atoms with Gasteiger partial charge in [-0.3, -0.25) is 9.52 Å². The minimum atomic E-state index is -3.83. The lowest BCUT2D eigenvalue weighted by molar-refractivity contribution is -0.127. The van der Waals surface area contributed by atoms with E-state index in [1.807, 2.05) is 38.1 Å². The van der Waals surface area contributed by atoms with Crippen LogP contribution in [0.25, 0.3) is 0 Å². The summed E-state index contributed by atoms with van der Waals surface area (Å²) in [7, 11) is -2.23. The van der Waals surface area contributed by atoms with Gasteiger partial charge in [-0.2, -0.15) is 0 Å². The van der Waals surface area contributed by atoms with Crippen molar-refractivity contribution in [2.24, 2.45) is 0 Å². The van der Waals surface area contributed by atoms with E-state index in [9.17, 15) is 13.2 Å². The molecule has 0 saturated carbocycles. The maximum atomic E-state index is 12.5. The highest BCUT2D eigenvalue weighted by atomic mass is 32.2. The van der Waals surface area contributed by atoms with Gasteiger partial charge in [0.1, 0.15) is 11.5 Å². The van der Waals surface area contributed by atoms with E-state index in [0.29, 0.717) is 18.0 Å². The lowest BCUT2D eigenvalue weighted by Gasteiger charge is -2.29. The molecular weight excluding hydrogens is 430 g/mol. The van der Waals surface area contributed by atoms with Crippen LogP contribution in [0.1, 0.15) is 19.4 Å². The minimum absolute atomic E-state index is 0.0290. The summed E-state index contributed by atoms with van der Waals surface area (Å²) in [6.07, 6.45) is 0.0290. The normalized spacial score (nSPS) is 14.3. The van der Waals surface area contributed by atoms with Crippen LogP contribution in [-0.2, 0) is 26.1 Å². The fourth-order valence-corrected chi connectivity index (χ4v) is 4.47. The maximum Gasteiger partial charge on any atom is 0.241 e. The van der Waals surface area contributed by atoms with E-state index in [-0.39, 0.29) is 6.10 Å². The number of nitrogens with zero attached hydrogens (tertiary/aromatic N) is 2. The van der Waals surface area contributed by atoms with Gasteiger partial charge in [-0.1, -0.05) is 12.1 Å². The van der Waals surface area contributed by atoms with E-state index in [4.69, 9.17) is 9.47 Å². The highest BCUT2D eigenvalue weighted by molar-refractivity contribution is 7.93. The fraction of sp³-hybridized carbons (Fsp3) is 0.435. The first kappa shape index (κ1) is 23.9. The second-order valence-electron chi connectivity index (χ2n) is 8.07. The smallest absolute Gasteiger partial charge is 0.241 e. The number of rotatable bonds is 9. The van der Waals surface area contributed by atoms with E-state index in [1.54, 1.807) is 31.3 Å². The molecule has 2 aromatic rings. The number of ether oxygens (including phenoxy) is 2. The van der Waals surface area contributed by atoms with Crippen LogP contribution in [0.3, 0.4) is 0 Å². The van der Waals surface area contributed by atoms with E-state index in [2.05, 4.69) is 9.62 Å². The average molecular weight is 462 g/mol. The molecule has 1 aliphatic rings. The molecule has 0 spiro atoms. The van der Waals surface area contributed by atoms with Crippen molar-refractivity contribution in [1.29, 1.82) is 0 Å². The first-order chi connectivity index (χ1) is 15.2. The van der Waals surface area contributed by atoms with Crippen LogP contribution in [0.2, 0.25) is 0 Å². The third-order valence-electron chi connectivity index (χ3n) is 4.97. The molecule has 0 aromatic heterocycles. The number of anilines is 2. The van der Waals surface area contributed by atoms with E-state index >= 15 is 0 Å². The molecule has 32 heavy (non-hydrogen) atoms. The lowest BCUT2D eigenvalue weighted by Crippen LogP contribution is -2.36. The molecule has 0 radical (unpaired) electrons. The van der Waals surface area contributed by atoms with Crippen molar-refractivity contribution in [1.82, 2.24) is 4.90 Å². The highest BCUT2D eigenvalue weighted by Gasteiger charge is 2.20. The Labute approximate surface area is 190 Å². The summed E-state index contributed by atoms with van der Waals surface area (Å²) >= 11 is 0. The second kappa shape index (κ2) is 10.7. The number of benzene rings is 2. The van der Waals surface area contributed by atoms with Gasteiger partial charge < -0.3 is 19.3 Å². The molecule has 1 saturated heterocycles. The number of nitrogens with one attached hydrogen (secondary N) is 1. The molecule has 8 nitrogen and oxygen atoms in total. The molecule has 2 aromatic carbocycles. The number of morpholine rings is 1. The van der Waals surface area contributed by atoms with Gasteiger partial charge in [-0.15, -0.1) is 0 Å². The van der Waals surface area contributed by atoms with Gasteiger partial charge in [0.2, 0.25) is 15.9 Å². The largest absolute Gasteiger partial charge is 0.491 e. The lowest BCUT2D eigenvalue weighted by atomic mass is 10.2. The second-order valence-corrected chi connectivity index (χ2v) is 9.79. The Hall–Kier alpha value is -2.78. The van der Waals surface area contributed by atoms with Gasteiger partial charge in [-0.25, -0.2) is 8.42 Å². The van der Waals surface area contributed by atoms with Gasteiger partial charge in [0.15, 0.2) is 0 Å². The molecule has 1 N–H and O–H groups in total. The van der Waals surface area contributed by atoms with Crippen LogP contribution in [0, 0.1) is 0 Å². The fourth-order valence-electron chi connectivity index (χ4n) is 3.36. The number of sulfonamides is 1. The molecule has 1 amide bonds. The van der Waals surface area contributed by atoms with E-state index < -0.39 is 21.7 Å². The number of amides is 1. The minimum Gasteiger partial charge on any atom is -0.491 e. The van der Waals surface area contributed by atoms with Gasteiger partial charge in [0, 0.05) is 38.1 Å². The molecular formula is C23H31N3O5S. The first-order valence-corrected chi connectivity index (χ1v) is 12.3. The quantitative estimate of drug-likeness (QED) is 0.618. The molecule has 9 heteroatoms. The number of carbonyl (C=O) groups is 1. The zero-order valence-electron chi connectivity index (χ0n) is 18.8. The summed E-state index contributed by atoms with van der Waals surface area (Å²) in [5.41, 5.74) is 2.43. The van der Waals surface area contributed by atoms with Crippen LogP contribution < -0.4 is 14.4 Å². The summed E-state index contributed by atoms with van der Waals surface area (Å²) < 4.78 is 38.3. The molecule has 0 aliphatic carbocycles. The molecule has 0 atom stereocenters. The van der Waals surface area contributed by atoms with Crippen LogP contribution in [0.4, 0.5) is 11.4 Å². The highest BCUT2D eigenvalue weighted by Crippen LogP contribution is 2.19. The number of hydrogen-bond acceptors (Lipinski definition) is 6. The van der Waals surface area contributed by atoms with Crippen molar-refractivity contribution in [3.05, 3.63) is 54.1 Å². The SMILES string of the molecule is CC(C)Oc1ccc(NS(=O)(=O)CC(=O)N(C)Cc2ccc(N3CCOCC3)cc2)cc1.